The maximum atomic E-state index is 6.01. The van der Waals surface area contributed by atoms with Gasteiger partial charge in [-0.1, -0.05) is 0 Å². The quantitative estimate of drug-likeness (QED) is 0.559. The minimum atomic E-state index is 0.612. The molecule has 0 saturated carbocycles. The van der Waals surface area contributed by atoms with Crippen LogP contribution < -0.4 is 14.8 Å². The Hall–Kier alpha value is -2.91. The van der Waals surface area contributed by atoms with Crippen LogP contribution in [-0.2, 0) is 4.74 Å². The van der Waals surface area contributed by atoms with Gasteiger partial charge in [-0.2, -0.15) is 0 Å². The number of nitrogens with zero attached hydrogens (tertiary/aromatic N) is 4. The Morgan fingerprint density at radius 1 is 1.17 bits per heavy atom. The molecule has 29 heavy (non-hydrogen) atoms. The third-order valence-electron chi connectivity index (χ3n) is 4.84. The fourth-order valence-corrected chi connectivity index (χ4v) is 3.32. The molecule has 1 aliphatic rings. The number of hydrogen-bond donors (Lipinski definition) is 2. The van der Waals surface area contributed by atoms with Gasteiger partial charge in [0.25, 0.3) is 0 Å². The van der Waals surface area contributed by atoms with Crippen molar-refractivity contribution in [2.75, 3.05) is 51.9 Å². The van der Waals surface area contributed by atoms with Crippen molar-refractivity contribution in [1.82, 2.24) is 24.8 Å². The minimum absolute atomic E-state index is 0.612. The van der Waals surface area contributed by atoms with E-state index >= 15 is 0 Å². The van der Waals surface area contributed by atoms with Crippen molar-refractivity contribution < 1.29 is 14.2 Å². The maximum absolute atomic E-state index is 6.01. The highest BCUT2D eigenvalue weighted by Gasteiger charge is 2.13. The van der Waals surface area contributed by atoms with Gasteiger partial charge in [0.1, 0.15) is 12.1 Å². The normalized spacial score (nSPS) is 14.8. The van der Waals surface area contributed by atoms with E-state index in [1.165, 1.54) is 6.33 Å². The largest absolute Gasteiger partial charge is 0.493 e. The molecule has 0 unspecified atom stereocenters. The van der Waals surface area contributed by atoms with Crippen LogP contribution in [0.3, 0.4) is 0 Å². The minimum Gasteiger partial charge on any atom is -0.493 e. The average molecular weight is 398 g/mol. The standard InChI is InChI=1S/C20H26N6O3/c1-14-12-21-20(24-14)25-19-15-10-17(27-2)18(11-16(15)22-13-23-19)29-7-3-4-26-5-8-28-9-6-26/h10-13H,3-9H2,1-2H3,(H2,21,22,23,24,25). The summed E-state index contributed by atoms with van der Waals surface area (Å²) in [5.41, 5.74) is 1.74. The van der Waals surface area contributed by atoms with E-state index in [1.54, 1.807) is 13.3 Å². The number of ether oxygens (including phenoxy) is 3. The summed E-state index contributed by atoms with van der Waals surface area (Å²) >= 11 is 0. The first kappa shape index (κ1) is 19.4. The number of methoxy groups -OCH3 is 1. The van der Waals surface area contributed by atoms with Crippen molar-refractivity contribution in [2.24, 2.45) is 0 Å². The fraction of sp³-hybridized carbons (Fsp3) is 0.450. The summed E-state index contributed by atoms with van der Waals surface area (Å²) in [4.78, 5) is 18.5. The second kappa shape index (κ2) is 9.06. The third-order valence-corrected chi connectivity index (χ3v) is 4.84. The molecule has 0 bridgehead atoms. The van der Waals surface area contributed by atoms with Gasteiger partial charge in [-0.25, -0.2) is 15.0 Å². The molecular weight excluding hydrogens is 372 g/mol. The molecule has 1 saturated heterocycles. The number of hydrogen-bond acceptors (Lipinski definition) is 8. The van der Waals surface area contributed by atoms with Gasteiger partial charge < -0.3 is 24.5 Å². The molecule has 154 valence electrons. The molecular formula is C20H26N6O3. The zero-order valence-electron chi connectivity index (χ0n) is 16.8. The Bertz CT molecular complexity index is 955. The Labute approximate surface area is 169 Å². The second-order valence-electron chi connectivity index (χ2n) is 6.94. The lowest BCUT2D eigenvalue weighted by Crippen LogP contribution is -2.37. The van der Waals surface area contributed by atoms with Crippen molar-refractivity contribution in [3.8, 4) is 11.5 Å². The van der Waals surface area contributed by atoms with Crippen LogP contribution in [0.15, 0.2) is 24.7 Å². The van der Waals surface area contributed by atoms with E-state index in [1.807, 2.05) is 19.1 Å². The van der Waals surface area contributed by atoms with Gasteiger partial charge in [0, 0.05) is 43.0 Å². The molecule has 0 amide bonds. The molecule has 2 N–H and O–H groups in total. The van der Waals surface area contributed by atoms with Crippen molar-refractivity contribution in [1.29, 1.82) is 0 Å². The lowest BCUT2D eigenvalue weighted by atomic mass is 10.2. The number of aryl methyl sites for hydroxylation is 1. The molecule has 0 aliphatic carbocycles. The summed E-state index contributed by atoms with van der Waals surface area (Å²) in [6.45, 7) is 7.16. The van der Waals surface area contributed by atoms with Crippen molar-refractivity contribution in [3.63, 3.8) is 0 Å². The molecule has 2 aromatic heterocycles. The number of aromatic amines is 1. The van der Waals surface area contributed by atoms with Crippen molar-refractivity contribution >= 4 is 22.7 Å². The number of morpholine rings is 1. The number of rotatable bonds is 8. The zero-order chi connectivity index (χ0) is 20.1. The van der Waals surface area contributed by atoms with Crippen LogP contribution in [0.5, 0.6) is 11.5 Å². The van der Waals surface area contributed by atoms with Crippen LogP contribution in [0.25, 0.3) is 10.9 Å². The molecule has 0 atom stereocenters. The molecule has 1 fully saturated rings. The van der Waals surface area contributed by atoms with Gasteiger partial charge in [-0.3, -0.25) is 4.90 Å². The molecule has 3 heterocycles. The monoisotopic (exact) mass is 398 g/mol. The summed E-state index contributed by atoms with van der Waals surface area (Å²) < 4.78 is 16.9. The summed E-state index contributed by atoms with van der Waals surface area (Å²) in [6.07, 6.45) is 4.22. The Kier molecular flexibility index (Phi) is 6.06. The summed E-state index contributed by atoms with van der Waals surface area (Å²) in [6, 6.07) is 3.79. The predicted octanol–water partition coefficient (Wildman–Crippen LogP) is 2.51. The fourth-order valence-electron chi connectivity index (χ4n) is 3.32. The number of imidazole rings is 1. The molecule has 4 rings (SSSR count). The Morgan fingerprint density at radius 3 is 2.79 bits per heavy atom. The van der Waals surface area contributed by atoms with Crippen LogP contribution in [-0.4, -0.2) is 71.4 Å². The van der Waals surface area contributed by atoms with E-state index in [4.69, 9.17) is 14.2 Å². The number of nitrogens with one attached hydrogen (secondary N) is 2. The average Bonchev–Trinajstić information content (AvgIpc) is 3.16. The molecule has 1 aliphatic heterocycles. The second-order valence-corrected chi connectivity index (χ2v) is 6.94. The highest BCUT2D eigenvalue weighted by molar-refractivity contribution is 5.92. The maximum Gasteiger partial charge on any atom is 0.206 e. The lowest BCUT2D eigenvalue weighted by molar-refractivity contribution is 0.0357. The summed E-state index contributed by atoms with van der Waals surface area (Å²) in [7, 11) is 1.63. The van der Waals surface area contributed by atoms with Gasteiger partial charge >= 0.3 is 0 Å². The van der Waals surface area contributed by atoms with E-state index in [9.17, 15) is 0 Å². The molecule has 3 aromatic rings. The predicted molar refractivity (Wildman–Crippen MR) is 110 cm³/mol. The number of fused-ring (bicyclic) bond motifs is 1. The van der Waals surface area contributed by atoms with Crippen molar-refractivity contribution in [3.05, 3.63) is 30.4 Å². The topological polar surface area (TPSA) is 97.4 Å². The summed E-state index contributed by atoms with van der Waals surface area (Å²) in [5.74, 6) is 2.62. The van der Waals surface area contributed by atoms with E-state index in [2.05, 4.69) is 30.2 Å². The Morgan fingerprint density at radius 2 is 2.03 bits per heavy atom. The van der Waals surface area contributed by atoms with E-state index in [-0.39, 0.29) is 0 Å². The van der Waals surface area contributed by atoms with Crippen molar-refractivity contribution in [2.45, 2.75) is 13.3 Å². The van der Waals surface area contributed by atoms with Crippen LogP contribution >= 0.6 is 0 Å². The molecule has 9 heteroatoms. The summed E-state index contributed by atoms with van der Waals surface area (Å²) in [5, 5.41) is 4.03. The number of aromatic nitrogens is 4. The van der Waals surface area contributed by atoms with E-state index in [0.29, 0.717) is 29.9 Å². The van der Waals surface area contributed by atoms with Crippen LogP contribution in [0, 0.1) is 6.92 Å². The first-order chi connectivity index (χ1) is 14.2. The van der Waals surface area contributed by atoms with Gasteiger partial charge in [0.2, 0.25) is 5.95 Å². The first-order valence-corrected chi connectivity index (χ1v) is 9.77. The van der Waals surface area contributed by atoms with E-state index < -0.39 is 0 Å². The third kappa shape index (κ3) is 4.75. The number of benzene rings is 1. The highest BCUT2D eigenvalue weighted by Crippen LogP contribution is 2.34. The van der Waals surface area contributed by atoms with Gasteiger partial charge in [0.15, 0.2) is 11.5 Å². The SMILES string of the molecule is COc1cc2c(Nc3ncc(C)[nH]3)ncnc2cc1OCCCN1CCOCC1. The molecule has 0 spiro atoms. The Balaban J connectivity index is 1.46. The molecule has 1 aromatic carbocycles. The smallest absolute Gasteiger partial charge is 0.206 e. The first-order valence-electron chi connectivity index (χ1n) is 9.77. The molecule has 0 radical (unpaired) electrons. The number of H-pyrrole nitrogens is 1. The van der Waals surface area contributed by atoms with Crippen LogP contribution in [0.4, 0.5) is 11.8 Å². The van der Waals surface area contributed by atoms with Gasteiger partial charge in [-0.05, 0) is 19.4 Å². The van der Waals surface area contributed by atoms with Gasteiger partial charge in [0.05, 0.1) is 32.4 Å². The van der Waals surface area contributed by atoms with Crippen LogP contribution in [0.2, 0.25) is 0 Å². The van der Waals surface area contributed by atoms with Gasteiger partial charge in [-0.15, -0.1) is 0 Å². The lowest BCUT2D eigenvalue weighted by Gasteiger charge is -2.26. The van der Waals surface area contributed by atoms with E-state index in [0.717, 1.165) is 55.9 Å². The molecule has 9 nitrogen and oxygen atoms in total. The number of anilines is 2. The van der Waals surface area contributed by atoms with Crippen LogP contribution in [0.1, 0.15) is 12.1 Å². The zero-order valence-corrected chi connectivity index (χ0v) is 16.8. The highest BCUT2D eigenvalue weighted by atomic mass is 16.5.